The number of ether oxygens (including phenoxy) is 1. The largest absolute Gasteiger partial charge is 0.496 e. The third kappa shape index (κ3) is 2.25. The molecule has 1 aromatic carbocycles. The maximum Gasteiger partial charge on any atom is 0.123 e. The van der Waals surface area contributed by atoms with Crippen molar-refractivity contribution in [2.24, 2.45) is 5.73 Å². The second-order valence-electron chi connectivity index (χ2n) is 3.22. The molecule has 0 aliphatic carbocycles. The van der Waals surface area contributed by atoms with Crippen LogP contribution in [0.15, 0.2) is 18.2 Å². The van der Waals surface area contributed by atoms with Crippen molar-refractivity contribution < 1.29 is 9.84 Å². The number of rotatable bonds is 4. The molecular weight excluding hydrogens is 178 g/mol. The van der Waals surface area contributed by atoms with E-state index >= 15 is 0 Å². The summed E-state index contributed by atoms with van der Waals surface area (Å²) in [6.45, 7) is 2.01. The molecule has 0 unspecified atom stereocenters. The minimum Gasteiger partial charge on any atom is -0.496 e. The van der Waals surface area contributed by atoms with Crippen molar-refractivity contribution in [3.05, 3.63) is 29.3 Å². The summed E-state index contributed by atoms with van der Waals surface area (Å²) in [5.41, 5.74) is 7.83. The van der Waals surface area contributed by atoms with Gasteiger partial charge in [-0.25, -0.2) is 0 Å². The lowest BCUT2D eigenvalue weighted by Crippen LogP contribution is -2.15. The third-order valence-corrected chi connectivity index (χ3v) is 2.30. The Kier molecular flexibility index (Phi) is 3.92. The number of hydrogen-bond donors (Lipinski definition) is 2. The standard InChI is InChI=1S/C11H17NO2/c1-3-8-4-5-11(14-2)9(6-8)10(12)7-13/h4-6,10,13H,3,7,12H2,1-2H3/t10-/m1/s1. The Bertz CT molecular complexity index is 299. The van der Waals surface area contributed by atoms with Gasteiger partial charge in [-0.3, -0.25) is 0 Å². The average Bonchev–Trinajstić information content (AvgIpc) is 2.27. The van der Waals surface area contributed by atoms with Crippen LogP contribution in [0.3, 0.4) is 0 Å². The highest BCUT2D eigenvalue weighted by Gasteiger charge is 2.11. The van der Waals surface area contributed by atoms with Crippen LogP contribution in [0.5, 0.6) is 5.75 Å². The number of benzene rings is 1. The molecule has 0 aromatic heterocycles. The van der Waals surface area contributed by atoms with Crippen LogP contribution in [-0.4, -0.2) is 18.8 Å². The van der Waals surface area contributed by atoms with Gasteiger partial charge in [-0.2, -0.15) is 0 Å². The van der Waals surface area contributed by atoms with Gasteiger partial charge in [-0.1, -0.05) is 19.1 Å². The maximum atomic E-state index is 8.99. The van der Waals surface area contributed by atoms with E-state index in [9.17, 15) is 0 Å². The first-order valence-electron chi connectivity index (χ1n) is 4.76. The summed E-state index contributed by atoms with van der Waals surface area (Å²) in [4.78, 5) is 0. The number of aliphatic hydroxyl groups is 1. The molecule has 14 heavy (non-hydrogen) atoms. The van der Waals surface area contributed by atoms with Gasteiger partial charge in [0, 0.05) is 5.56 Å². The quantitative estimate of drug-likeness (QED) is 0.760. The van der Waals surface area contributed by atoms with Crippen LogP contribution in [0.1, 0.15) is 24.1 Å². The molecule has 0 aliphatic rings. The molecule has 0 saturated heterocycles. The Morgan fingerprint density at radius 3 is 2.71 bits per heavy atom. The highest BCUT2D eigenvalue weighted by atomic mass is 16.5. The topological polar surface area (TPSA) is 55.5 Å². The SMILES string of the molecule is CCc1ccc(OC)c([C@H](N)CO)c1. The van der Waals surface area contributed by atoms with Gasteiger partial charge in [0.25, 0.3) is 0 Å². The summed E-state index contributed by atoms with van der Waals surface area (Å²) < 4.78 is 5.18. The van der Waals surface area contributed by atoms with Crippen molar-refractivity contribution in [1.29, 1.82) is 0 Å². The molecule has 1 atom stereocenters. The van der Waals surface area contributed by atoms with Crippen LogP contribution in [0.2, 0.25) is 0 Å². The highest BCUT2D eigenvalue weighted by Crippen LogP contribution is 2.24. The summed E-state index contributed by atoms with van der Waals surface area (Å²) in [5, 5.41) is 8.99. The number of aliphatic hydroxyl groups excluding tert-OH is 1. The average molecular weight is 195 g/mol. The minimum absolute atomic E-state index is 0.0659. The van der Waals surface area contributed by atoms with Gasteiger partial charge in [-0.05, 0) is 18.1 Å². The van der Waals surface area contributed by atoms with Gasteiger partial charge in [0.2, 0.25) is 0 Å². The fourth-order valence-electron chi connectivity index (χ4n) is 1.39. The first-order chi connectivity index (χ1) is 6.72. The highest BCUT2D eigenvalue weighted by molar-refractivity contribution is 5.39. The number of aryl methyl sites for hydroxylation is 1. The van der Waals surface area contributed by atoms with E-state index in [1.54, 1.807) is 7.11 Å². The molecule has 3 nitrogen and oxygen atoms in total. The van der Waals surface area contributed by atoms with Crippen LogP contribution in [0.25, 0.3) is 0 Å². The lowest BCUT2D eigenvalue weighted by atomic mass is 10.0. The second-order valence-corrected chi connectivity index (χ2v) is 3.22. The van der Waals surface area contributed by atoms with Crippen LogP contribution >= 0.6 is 0 Å². The Labute approximate surface area is 84.5 Å². The van der Waals surface area contributed by atoms with E-state index in [-0.39, 0.29) is 12.6 Å². The van der Waals surface area contributed by atoms with E-state index in [1.165, 1.54) is 5.56 Å². The lowest BCUT2D eigenvalue weighted by Gasteiger charge is -2.14. The number of nitrogens with two attached hydrogens (primary N) is 1. The van der Waals surface area contributed by atoms with Crippen LogP contribution in [-0.2, 0) is 6.42 Å². The first kappa shape index (κ1) is 11.0. The zero-order chi connectivity index (χ0) is 10.6. The summed E-state index contributed by atoms with van der Waals surface area (Å²) in [6, 6.07) is 5.52. The van der Waals surface area contributed by atoms with Crippen LogP contribution in [0.4, 0.5) is 0 Å². The molecule has 3 heteroatoms. The van der Waals surface area contributed by atoms with Gasteiger partial charge in [0.15, 0.2) is 0 Å². The Hall–Kier alpha value is -1.06. The van der Waals surface area contributed by atoms with Crippen molar-refractivity contribution in [1.82, 2.24) is 0 Å². The molecule has 0 heterocycles. The molecule has 0 saturated carbocycles. The van der Waals surface area contributed by atoms with Gasteiger partial charge < -0.3 is 15.6 Å². The summed E-state index contributed by atoms with van der Waals surface area (Å²) >= 11 is 0. The van der Waals surface area contributed by atoms with Crippen molar-refractivity contribution in [2.45, 2.75) is 19.4 Å². The smallest absolute Gasteiger partial charge is 0.123 e. The zero-order valence-electron chi connectivity index (χ0n) is 8.66. The predicted octanol–water partition coefficient (Wildman–Crippen LogP) is 1.25. The van der Waals surface area contributed by atoms with Gasteiger partial charge in [0.05, 0.1) is 19.8 Å². The molecule has 3 N–H and O–H groups in total. The Balaban J connectivity index is 3.08. The molecule has 78 valence electrons. The van der Waals surface area contributed by atoms with Gasteiger partial charge >= 0.3 is 0 Å². The first-order valence-corrected chi connectivity index (χ1v) is 4.76. The minimum atomic E-state index is -0.364. The summed E-state index contributed by atoms with van der Waals surface area (Å²) in [5.74, 6) is 0.740. The van der Waals surface area contributed by atoms with Crippen molar-refractivity contribution in [2.75, 3.05) is 13.7 Å². The Morgan fingerprint density at radius 2 is 2.21 bits per heavy atom. The fraction of sp³-hybridized carbons (Fsp3) is 0.455. The fourth-order valence-corrected chi connectivity index (χ4v) is 1.39. The third-order valence-electron chi connectivity index (χ3n) is 2.30. The van der Waals surface area contributed by atoms with Gasteiger partial charge in [-0.15, -0.1) is 0 Å². The summed E-state index contributed by atoms with van der Waals surface area (Å²) in [7, 11) is 1.61. The van der Waals surface area contributed by atoms with E-state index in [2.05, 4.69) is 6.92 Å². The van der Waals surface area contributed by atoms with E-state index < -0.39 is 0 Å². The van der Waals surface area contributed by atoms with E-state index in [0.717, 1.165) is 17.7 Å². The van der Waals surface area contributed by atoms with Gasteiger partial charge in [0.1, 0.15) is 5.75 Å². The maximum absolute atomic E-state index is 8.99. The number of hydrogen-bond acceptors (Lipinski definition) is 3. The van der Waals surface area contributed by atoms with Crippen molar-refractivity contribution in [3.8, 4) is 5.75 Å². The van der Waals surface area contributed by atoms with E-state index in [4.69, 9.17) is 15.6 Å². The molecule has 0 radical (unpaired) electrons. The molecule has 0 amide bonds. The normalized spacial score (nSPS) is 12.6. The molecule has 1 rings (SSSR count). The molecule has 1 aromatic rings. The van der Waals surface area contributed by atoms with Crippen LogP contribution in [0, 0.1) is 0 Å². The van der Waals surface area contributed by atoms with Crippen LogP contribution < -0.4 is 10.5 Å². The molecule has 0 aliphatic heterocycles. The van der Waals surface area contributed by atoms with E-state index in [1.807, 2.05) is 18.2 Å². The molecular formula is C11H17NO2. The molecule has 0 bridgehead atoms. The molecule has 0 fully saturated rings. The predicted molar refractivity (Wildman–Crippen MR) is 56.4 cm³/mol. The second kappa shape index (κ2) is 4.98. The number of methoxy groups -OCH3 is 1. The van der Waals surface area contributed by atoms with E-state index in [0.29, 0.717) is 0 Å². The lowest BCUT2D eigenvalue weighted by molar-refractivity contribution is 0.264. The summed E-state index contributed by atoms with van der Waals surface area (Å²) in [6.07, 6.45) is 0.954. The van der Waals surface area contributed by atoms with Crippen molar-refractivity contribution >= 4 is 0 Å². The molecule has 0 spiro atoms. The Morgan fingerprint density at radius 1 is 1.50 bits per heavy atom. The van der Waals surface area contributed by atoms with Crippen molar-refractivity contribution in [3.63, 3.8) is 0 Å². The zero-order valence-corrected chi connectivity index (χ0v) is 8.66. The monoisotopic (exact) mass is 195 g/mol.